The average Bonchev–Trinajstić information content (AvgIpc) is 3.46. The molecule has 25 heavy (non-hydrogen) atoms. The van der Waals surface area contributed by atoms with Gasteiger partial charge < -0.3 is 14.7 Å². The first-order chi connectivity index (χ1) is 12.2. The zero-order chi connectivity index (χ0) is 17.2. The van der Waals surface area contributed by atoms with E-state index in [-0.39, 0.29) is 0 Å². The Hall–Kier alpha value is -1.85. The van der Waals surface area contributed by atoms with Crippen molar-refractivity contribution in [2.45, 2.75) is 45.4 Å². The number of anilines is 2. The summed E-state index contributed by atoms with van der Waals surface area (Å²) in [5, 5.41) is 0. The van der Waals surface area contributed by atoms with Crippen LogP contribution in [0.5, 0.6) is 0 Å². The molecule has 4 rings (SSSR count). The van der Waals surface area contributed by atoms with Gasteiger partial charge in [-0.25, -0.2) is 4.98 Å². The molecule has 0 aromatic carbocycles. The molecule has 136 valence electrons. The maximum absolute atomic E-state index is 12.3. The molecule has 1 aliphatic carbocycles. The summed E-state index contributed by atoms with van der Waals surface area (Å²) in [5.74, 6) is 2.89. The Morgan fingerprint density at radius 2 is 1.72 bits per heavy atom. The molecule has 0 N–H and O–H groups in total. The summed E-state index contributed by atoms with van der Waals surface area (Å²) in [6, 6.07) is 2.10. The summed E-state index contributed by atoms with van der Waals surface area (Å²) in [6.45, 7) is 7.50. The van der Waals surface area contributed by atoms with Crippen LogP contribution in [0.1, 0.15) is 44.2 Å². The van der Waals surface area contributed by atoms with E-state index >= 15 is 0 Å². The van der Waals surface area contributed by atoms with Crippen molar-refractivity contribution in [3.63, 3.8) is 0 Å². The molecule has 3 fully saturated rings. The van der Waals surface area contributed by atoms with E-state index in [4.69, 9.17) is 4.98 Å². The third-order valence-electron chi connectivity index (χ3n) is 5.58. The number of hydrogen-bond donors (Lipinski definition) is 0. The first kappa shape index (κ1) is 16.6. The molecule has 0 spiro atoms. The Morgan fingerprint density at radius 3 is 2.40 bits per heavy atom. The van der Waals surface area contributed by atoms with Crippen LogP contribution in [0.2, 0.25) is 0 Å². The molecule has 0 radical (unpaired) electrons. The largest absolute Gasteiger partial charge is 0.356 e. The molecule has 0 unspecified atom stereocenters. The Morgan fingerprint density at radius 1 is 1.00 bits per heavy atom. The van der Waals surface area contributed by atoms with Gasteiger partial charge in [0.2, 0.25) is 11.9 Å². The number of carbonyl (C=O) groups is 1. The predicted molar refractivity (Wildman–Crippen MR) is 99.0 cm³/mol. The summed E-state index contributed by atoms with van der Waals surface area (Å²) in [6.07, 6.45) is 7.05. The fourth-order valence-electron chi connectivity index (χ4n) is 3.82. The molecule has 1 aromatic heterocycles. The number of nitrogens with zero attached hydrogens (tertiary/aromatic N) is 5. The normalized spacial score (nSPS) is 21.6. The molecule has 0 bridgehead atoms. The van der Waals surface area contributed by atoms with Gasteiger partial charge in [-0.2, -0.15) is 4.98 Å². The van der Waals surface area contributed by atoms with Gasteiger partial charge in [0, 0.05) is 57.4 Å². The minimum Gasteiger partial charge on any atom is -0.356 e. The van der Waals surface area contributed by atoms with Gasteiger partial charge in [0.05, 0.1) is 0 Å². The van der Waals surface area contributed by atoms with E-state index < -0.39 is 0 Å². The maximum Gasteiger partial charge on any atom is 0.227 e. The minimum absolute atomic E-state index is 0.335. The third kappa shape index (κ3) is 4.05. The molecule has 2 aliphatic heterocycles. The van der Waals surface area contributed by atoms with Crippen LogP contribution in [0, 0.1) is 12.8 Å². The van der Waals surface area contributed by atoms with Crippen LogP contribution in [-0.2, 0) is 4.79 Å². The van der Waals surface area contributed by atoms with E-state index in [9.17, 15) is 4.79 Å². The number of hydrogen-bond acceptors (Lipinski definition) is 5. The molecular formula is C19H29N5O. The van der Waals surface area contributed by atoms with Gasteiger partial charge >= 0.3 is 0 Å². The van der Waals surface area contributed by atoms with Crippen molar-refractivity contribution in [3.05, 3.63) is 11.8 Å². The lowest BCUT2D eigenvalue weighted by molar-refractivity contribution is -0.131. The lowest BCUT2D eigenvalue weighted by Crippen LogP contribution is -2.49. The molecule has 2 saturated heterocycles. The highest BCUT2D eigenvalue weighted by molar-refractivity contribution is 5.77. The highest BCUT2D eigenvalue weighted by Crippen LogP contribution is 2.33. The molecule has 1 aromatic rings. The van der Waals surface area contributed by atoms with E-state index in [0.29, 0.717) is 11.8 Å². The van der Waals surface area contributed by atoms with E-state index in [1.54, 1.807) is 0 Å². The van der Waals surface area contributed by atoms with E-state index in [0.717, 1.165) is 63.1 Å². The highest BCUT2D eigenvalue weighted by atomic mass is 16.2. The fraction of sp³-hybridized carbons (Fsp3) is 0.737. The average molecular weight is 343 g/mol. The number of piperidine rings is 1. The molecule has 3 heterocycles. The standard InChI is InChI=1S/C19H29N5O/c1-15-13-17(22-7-3-2-4-8-22)21-19(20-15)24-11-9-23(10-12-24)18(25)14-16-5-6-16/h13,16H,2-12,14H2,1H3. The number of carbonyl (C=O) groups excluding carboxylic acids is 1. The molecule has 6 nitrogen and oxygen atoms in total. The summed E-state index contributed by atoms with van der Waals surface area (Å²) in [7, 11) is 0. The second-order valence-electron chi connectivity index (χ2n) is 7.73. The SMILES string of the molecule is Cc1cc(N2CCCCC2)nc(N2CCN(C(=O)CC3CC3)CC2)n1. The van der Waals surface area contributed by atoms with E-state index in [1.807, 2.05) is 11.8 Å². The maximum atomic E-state index is 12.3. The van der Waals surface area contributed by atoms with Gasteiger partial charge in [0.1, 0.15) is 5.82 Å². The fourth-order valence-corrected chi connectivity index (χ4v) is 3.82. The van der Waals surface area contributed by atoms with Crippen LogP contribution < -0.4 is 9.80 Å². The van der Waals surface area contributed by atoms with Crippen molar-refractivity contribution in [1.29, 1.82) is 0 Å². The molecule has 1 amide bonds. The second kappa shape index (κ2) is 7.18. The third-order valence-corrected chi connectivity index (χ3v) is 5.58. The van der Waals surface area contributed by atoms with Gasteiger partial charge in [-0.05, 0) is 44.9 Å². The highest BCUT2D eigenvalue weighted by Gasteiger charge is 2.29. The van der Waals surface area contributed by atoms with Crippen molar-refractivity contribution in [1.82, 2.24) is 14.9 Å². The number of rotatable bonds is 4. The van der Waals surface area contributed by atoms with Crippen molar-refractivity contribution in [2.24, 2.45) is 5.92 Å². The lowest BCUT2D eigenvalue weighted by Gasteiger charge is -2.35. The van der Waals surface area contributed by atoms with Gasteiger partial charge in [0.25, 0.3) is 0 Å². The predicted octanol–water partition coefficient (Wildman–Crippen LogP) is 2.22. The van der Waals surface area contributed by atoms with Gasteiger partial charge in [-0.15, -0.1) is 0 Å². The molecule has 3 aliphatic rings. The van der Waals surface area contributed by atoms with Gasteiger partial charge in [-0.3, -0.25) is 4.79 Å². The Balaban J connectivity index is 1.40. The van der Waals surface area contributed by atoms with Crippen LogP contribution in [0.3, 0.4) is 0 Å². The smallest absolute Gasteiger partial charge is 0.227 e. The van der Waals surface area contributed by atoms with Crippen LogP contribution in [0.4, 0.5) is 11.8 Å². The quantitative estimate of drug-likeness (QED) is 0.839. The first-order valence-electron chi connectivity index (χ1n) is 9.82. The lowest BCUT2D eigenvalue weighted by atomic mass is 10.1. The number of aryl methyl sites for hydroxylation is 1. The monoisotopic (exact) mass is 343 g/mol. The minimum atomic E-state index is 0.335. The summed E-state index contributed by atoms with van der Waals surface area (Å²) < 4.78 is 0. The summed E-state index contributed by atoms with van der Waals surface area (Å²) in [5.41, 5.74) is 1.03. The molecule has 0 atom stereocenters. The van der Waals surface area contributed by atoms with Gasteiger partial charge in [-0.1, -0.05) is 0 Å². The number of aromatic nitrogens is 2. The van der Waals surface area contributed by atoms with Crippen molar-refractivity contribution < 1.29 is 4.79 Å². The van der Waals surface area contributed by atoms with Crippen LogP contribution >= 0.6 is 0 Å². The molecular weight excluding hydrogens is 314 g/mol. The second-order valence-corrected chi connectivity index (χ2v) is 7.73. The zero-order valence-electron chi connectivity index (χ0n) is 15.3. The molecule has 1 saturated carbocycles. The molecule has 6 heteroatoms. The van der Waals surface area contributed by atoms with Crippen LogP contribution in [0.25, 0.3) is 0 Å². The Kier molecular flexibility index (Phi) is 4.77. The van der Waals surface area contributed by atoms with Crippen molar-refractivity contribution >= 4 is 17.7 Å². The van der Waals surface area contributed by atoms with Crippen LogP contribution in [-0.4, -0.2) is 60.0 Å². The van der Waals surface area contributed by atoms with Gasteiger partial charge in [0.15, 0.2) is 0 Å². The van der Waals surface area contributed by atoms with E-state index in [1.165, 1.54) is 32.1 Å². The zero-order valence-corrected chi connectivity index (χ0v) is 15.3. The summed E-state index contributed by atoms with van der Waals surface area (Å²) >= 11 is 0. The van der Waals surface area contributed by atoms with Crippen molar-refractivity contribution in [2.75, 3.05) is 49.1 Å². The topological polar surface area (TPSA) is 52.6 Å². The Bertz CT molecular complexity index is 616. The van der Waals surface area contributed by atoms with E-state index in [2.05, 4.69) is 20.9 Å². The first-order valence-corrected chi connectivity index (χ1v) is 9.82. The summed E-state index contributed by atoms with van der Waals surface area (Å²) in [4.78, 5) is 28.4. The van der Waals surface area contributed by atoms with Crippen LogP contribution in [0.15, 0.2) is 6.07 Å². The number of amides is 1. The van der Waals surface area contributed by atoms with Crippen molar-refractivity contribution in [3.8, 4) is 0 Å². The Labute approximate surface area is 150 Å². The number of piperazine rings is 1.